The molecule has 2 amide bonds. The number of unbranched alkanes of at least 4 members (excludes halogenated alkanes) is 1. The van der Waals surface area contributed by atoms with E-state index in [0.717, 1.165) is 19.3 Å². The quantitative estimate of drug-likeness (QED) is 0.433. The molecule has 1 heterocycles. The van der Waals surface area contributed by atoms with Crippen molar-refractivity contribution in [3.63, 3.8) is 0 Å². The number of hydrogen-bond donors (Lipinski definition) is 1. The molecule has 0 aromatic rings. The molecular formula is C23H44N2O5. The van der Waals surface area contributed by atoms with Crippen molar-refractivity contribution in [3.05, 3.63) is 0 Å². The number of ether oxygens (including phenoxy) is 3. The highest BCUT2D eigenvalue weighted by atomic mass is 16.5. The Morgan fingerprint density at radius 3 is 2.27 bits per heavy atom. The van der Waals surface area contributed by atoms with Gasteiger partial charge in [-0.05, 0) is 53.9 Å². The van der Waals surface area contributed by atoms with E-state index in [2.05, 4.69) is 12.2 Å². The van der Waals surface area contributed by atoms with E-state index in [1.54, 1.807) is 7.11 Å². The predicted molar refractivity (Wildman–Crippen MR) is 118 cm³/mol. The number of carbonyl (C=O) groups excluding carboxylic acids is 2. The van der Waals surface area contributed by atoms with Gasteiger partial charge in [0, 0.05) is 26.6 Å². The van der Waals surface area contributed by atoms with E-state index in [-0.39, 0.29) is 23.0 Å². The van der Waals surface area contributed by atoms with Crippen molar-refractivity contribution in [2.75, 3.05) is 40.0 Å². The molecule has 0 atom stereocenters. The molecule has 7 heteroatoms. The molecule has 30 heavy (non-hydrogen) atoms. The molecule has 0 radical (unpaired) electrons. The molecule has 1 N–H and O–H groups in total. The zero-order valence-electron chi connectivity index (χ0n) is 20.3. The van der Waals surface area contributed by atoms with Crippen LogP contribution in [0.2, 0.25) is 0 Å². The van der Waals surface area contributed by atoms with Gasteiger partial charge in [0.25, 0.3) is 0 Å². The number of methoxy groups -OCH3 is 1. The van der Waals surface area contributed by atoms with Gasteiger partial charge >= 0.3 is 0 Å². The number of carbonyl (C=O) groups is 2. The molecule has 0 aromatic carbocycles. The minimum atomic E-state index is -0.454. The maximum Gasteiger partial charge on any atom is 0.222 e. The average molecular weight is 429 g/mol. The van der Waals surface area contributed by atoms with Crippen LogP contribution in [0.4, 0.5) is 0 Å². The zero-order valence-corrected chi connectivity index (χ0v) is 20.3. The van der Waals surface area contributed by atoms with Crippen molar-refractivity contribution in [1.82, 2.24) is 10.2 Å². The molecule has 0 aromatic heterocycles. The Hall–Kier alpha value is -1.18. The normalized spacial score (nSPS) is 16.3. The SMILES string of the molecule is CCCCC(=O)NCC1(OCC)CN(C(=O)CCC(C)(C)OCCC(C)(C)OC)C1. The van der Waals surface area contributed by atoms with Crippen LogP contribution < -0.4 is 5.32 Å². The van der Waals surface area contributed by atoms with Crippen LogP contribution in [-0.2, 0) is 23.8 Å². The number of nitrogens with zero attached hydrogens (tertiary/aromatic N) is 1. The summed E-state index contributed by atoms with van der Waals surface area (Å²) in [7, 11) is 1.70. The van der Waals surface area contributed by atoms with Gasteiger partial charge in [0.2, 0.25) is 11.8 Å². The molecule has 1 aliphatic rings. The number of amides is 2. The Bertz CT molecular complexity index is 542. The van der Waals surface area contributed by atoms with Gasteiger partial charge in [-0.25, -0.2) is 0 Å². The van der Waals surface area contributed by atoms with Crippen molar-refractivity contribution in [1.29, 1.82) is 0 Å². The minimum Gasteiger partial charge on any atom is -0.379 e. The van der Waals surface area contributed by atoms with E-state index in [4.69, 9.17) is 14.2 Å². The van der Waals surface area contributed by atoms with E-state index in [1.165, 1.54) is 0 Å². The third-order valence-electron chi connectivity index (χ3n) is 5.82. The second kappa shape index (κ2) is 12.0. The van der Waals surface area contributed by atoms with Crippen molar-refractivity contribution >= 4 is 11.8 Å². The van der Waals surface area contributed by atoms with E-state index in [1.807, 2.05) is 39.5 Å². The topological polar surface area (TPSA) is 77.1 Å². The van der Waals surface area contributed by atoms with Crippen LogP contribution in [-0.4, -0.2) is 73.5 Å². The largest absolute Gasteiger partial charge is 0.379 e. The van der Waals surface area contributed by atoms with Crippen LogP contribution in [0, 0.1) is 0 Å². The fourth-order valence-electron chi connectivity index (χ4n) is 3.38. The first-order valence-electron chi connectivity index (χ1n) is 11.4. The Morgan fingerprint density at radius 1 is 1.03 bits per heavy atom. The van der Waals surface area contributed by atoms with Crippen LogP contribution in [0.1, 0.15) is 80.1 Å². The summed E-state index contributed by atoms with van der Waals surface area (Å²) >= 11 is 0. The molecule has 1 rings (SSSR count). The van der Waals surface area contributed by atoms with Gasteiger partial charge < -0.3 is 24.4 Å². The number of hydrogen-bond acceptors (Lipinski definition) is 5. The Balaban J connectivity index is 2.40. The van der Waals surface area contributed by atoms with Crippen LogP contribution in [0.3, 0.4) is 0 Å². The lowest BCUT2D eigenvalue weighted by Crippen LogP contribution is -2.68. The molecule has 0 spiro atoms. The smallest absolute Gasteiger partial charge is 0.222 e. The maximum absolute atomic E-state index is 12.6. The summed E-state index contributed by atoms with van der Waals surface area (Å²) in [5, 5.41) is 2.97. The number of likely N-dealkylation sites (tertiary alicyclic amines) is 1. The molecular weight excluding hydrogens is 384 g/mol. The molecule has 0 aliphatic carbocycles. The third-order valence-corrected chi connectivity index (χ3v) is 5.82. The van der Waals surface area contributed by atoms with Gasteiger partial charge in [0.05, 0.1) is 37.4 Å². The molecule has 0 saturated carbocycles. The average Bonchev–Trinajstić information content (AvgIpc) is 2.65. The number of rotatable bonds is 15. The lowest BCUT2D eigenvalue weighted by Gasteiger charge is -2.49. The molecule has 0 bridgehead atoms. The molecule has 1 aliphatic heterocycles. The fraction of sp³-hybridized carbons (Fsp3) is 0.913. The molecule has 7 nitrogen and oxygen atoms in total. The minimum absolute atomic E-state index is 0.0521. The van der Waals surface area contributed by atoms with Crippen molar-refractivity contribution in [2.45, 2.75) is 96.9 Å². The first kappa shape index (κ1) is 26.9. The molecule has 176 valence electrons. The summed E-state index contributed by atoms with van der Waals surface area (Å²) in [5.41, 5.74) is -1.03. The van der Waals surface area contributed by atoms with Crippen LogP contribution in [0.15, 0.2) is 0 Å². The molecule has 0 unspecified atom stereocenters. The van der Waals surface area contributed by atoms with Crippen LogP contribution in [0.5, 0.6) is 0 Å². The highest BCUT2D eigenvalue weighted by Gasteiger charge is 2.46. The summed E-state index contributed by atoms with van der Waals surface area (Å²) in [4.78, 5) is 26.4. The first-order chi connectivity index (χ1) is 14.0. The maximum atomic E-state index is 12.6. The summed E-state index contributed by atoms with van der Waals surface area (Å²) in [5.74, 6) is 0.160. The lowest BCUT2D eigenvalue weighted by atomic mass is 9.92. The second-order valence-corrected chi connectivity index (χ2v) is 9.57. The monoisotopic (exact) mass is 428 g/mol. The Kier molecular flexibility index (Phi) is 10.8. The van der Waals surface area contributed by atoms with E-state index < -0.39 is 5.60 Å². The Morgan fingerprint density at radius 2 is 1.70 bits per heavy atom. The lowest BCUT2D eigenvalue weighted by molar-refractivity contribution is -0.168. The van der Waals surface area contributed by atoms with Crippen molar-refractivity contribution in [2.24, 2.45) is 0 Å². The first-order valence-corrected chi connectivity index (χ1v) is 11.4. The third kappa shape index (κ3) is 9.31. The summed E-state index contributed by atoms with van der Waals surface area (Å²) in [6.07, 6.45) is 4.32. The van der Waals surface area contributed by atoms with Crippen molar-refractivity contribution < 1.29 is 23.8 Å². The highest BCUT2D eigenvalue weighted by Crippen LogP contribution is 2.27. The predicted octanol–water partition coefficient (Wildman–Crippen LogP) is 3.30. The van der Waals surface area contributed by atoms with Gasteiger partial charge in [-0.1, -0.05) is 13.3 Å². The fourth-order valence-corrected chi connectivity index (χ4v) is 3.38. The van der Waals surface area contributed by atoms with Gasteiger partial charge in [-0.3, -0.25) is 9.59 Å². The second-order valence-electron chi connectivity index (χ2n) is 9.57. The zero-order chi connectivity index (χ0) is 22.8. The molecule has 1 saturated heterocycles. The highest BCUT2D eigenvalue weighted by molar-refractivity contribution is 5.78. The van der Waals surface area contributed by atoms with E-state index in [9.17, 15) is 9.59 Å². The summed E-state index contributed by atoms with van der Waals surface area (Å²) in [6, 6.07) is 0. The van der Waals surface area contributed by atoms with Gasteiger partial charge in [0.1, 0.15) is 5.60 Å². The van der Waals surface area contributed by atoms with Gasteiger partial charge in [-0.2, -0.15) is 0 Å². The van der Waals surface area contributed by atoms with Crippen LogP contribution >= 0.6 is 0 Å². The van der Waals surface area contributed by atoms with E-state index in [0.29, 0.717) is 52.1 Å². The van der Waals surface area contributed by atoms with Crippen molar-refractivity contribution in [3.8, 4) is 0 Å². The summed E-state index contributed by atoms with van der Waals surface area (Å²) in [6.45, 7) is 14.8. The standard InChI is InChI=1S/C23H44N2O5/c1-8-10-11-19(26)24-16-23(29-9-2)17-25(18-23)20(27)12-13-22(5,6)30-15-14-21(3,4)28-7/h8-18H2,1-7H3,(H,24,26). The number of nitrogens with one attached hydrogen (secondary N) is 1. The Labute approximate surface area is 183 Å². The van der Waals surface area contributed by atoms with Gasteiger partial charge in [-0.15, -0.1) is 0 Å². The van der Waals surface area contributed by atoms with Gasteiger partial charge in [0.15, 0.2) is 0 Å². The summed E-state index contributed by atoms with van der Waals surface area (Å²) < 4.78 is 17.3. The molecule has 1 fully saturated rings. The van der Waals surface area contributed by atoms with E-state index >= 15 is 0 Å². The van der Waals surface area contributed by atoms with Crippen LogP contribution in [0.25, 0.3) is 0 Å².